The number of piperazine rings is 1. The normalized spacial score (nSPS) is 15.6. The average molecular weight is 377 g/mol. The summed E-state index contributed by atoms with van der Waals surface area (Å²) in [5.41, 5.74) is 1.81. The number of fused-ring (bicyclic) bond motifs is 1. The number of rotatable bonds is 2. The molecule has 4 heterocycles. The summed E-state index contributed by atoms with van der Waals surface area (Å²) in [7, 11) is 0. The lowest BCUT2D eigenvalue weighted by atomic mass is 10.3. The molecule has 1 saturated heterocycles. The van der Waals surface area contributed by atoms with Crippen LogP contribution < -0.4 is 9.80 Å². The van der Waals surface area contributed by atoms with Crippen molar-refractivity contribution >= 4 is 17.3 Å². The second-order valence-corrected chi connectivity index (χ2v) is 6.48. The van der Waals surface area contributed by atoms with Crippen molar-refractivity contribution in [3.05, 3.63) is 41.6 Å². The molecule has 0 bridgehead atoms. The molecule has 3 aromatic rings. The smallest absolute Gasteiger partial charge is 0.353 e. The number of imidazole rings is 1. The number of nitrogens with zero attached hydrogens (tertiary/aromatic N) is 7. The second kappa shape index (κ2) is 6.36. The summed E-state index contributed by atoms with van der Waals surface area (Å²) < 4.78 is 40.4. The molecule has 0 aromatic carbocycles. The van der Waals surface area contributed by atoms with Crippen molar-refractivity contribution in [2.24, 2.45) is 0 Å². The van der Waals surface area contributed by atoms with Crippen molar-refractivity contribution in [1.82, 2.24) is 24.6 Å². The molecular formula is C17H18F3N7. The van der Waals surface area contributed by atoms with E-state index in [9.17, 15) is 13.2 Å². The van der Waals surface area contributed by atoms with Gasteiger partial charge in [-0.15, -0.1) is 5.10 Å². The summed E-state index contributed by atoms with van der Waals surface area (Å²) in [4.78, 5) is 15.7. The first-order valence-corrected chi connectivity index (χ1v) is 8.55. The van der Waals surface area contributed by atoms with Crippen LogP contribution in [0.25, 0.3) is 5.65 Å². The Bertz CT molecular complexity index is 974. The Morgan fingerprint density at radius 2 is 1.59 bits per heavy atom. The van der Waals surface area contributed by atoms with Gasteiger partial charge in [-0.2, -0.15) is 13.2 Å². The lowest BCUT2D eigenvalue weighted by molar-refractivity contribution is -0.141. The van der Waals surface area contributed by atoms with Crippen LogP contribution in [-0.2, 0) is 6.18 Å². The third-order valence-electron chi connectivity index (χ3n) is 4.80. The highest BCUT2D eigenvalue weighted by molar-refractivity contribution is 5.50. The molecule has 0 radical (unpaired) electrons. The van der Waals surface area contributed by atoms with E-state index in [0.29, 0.717) is 32.0 Å². The Hall–Kier alpha value is -2.91. The minimum Gasteiger partial charge on any atom is -0.353 e. The van der Waals surface area contributed by atoms with Gasteiger partial charge in [0.05, 0.1) is 11.4 Å². The monoisotopic (exact) mass is 377 g/mol. The third-order valence-corrected chi connectivity index (χ3v) is 4.80. The van der Waals surface area contributed by atoms with Crippen molar-refractivity contribution in [3.8, 4) is 0 Å². The van der Waals surface area contributed by atoms with E-state index in [2.05, 4.69) is 25.0 Å². The fraction of sp³-hybridized carbons (Fsp3) is 0.412. The van der Waals surface area contributed by atoms with Crippen molar-refractivity contribution in [2.45, 2.75) is 20.0 Å². The Labute approximate surface area is 153 Å². The molecule has 1 aliphatic heterocycles. The fourth-order valence-corrected chi connectivity index (χ4v) is 3.15. The van der Waals surface area contributed by atoms with Crippen molar-refractivity contribution in [2.75, 3.05) is 36.0 Å². The first-order valence-electron chi connectivity index (χ1n) is 8.55. The maximum atomic E-state index is 12.8. The molecule has 0 unspecified atom stereocenters. The predicted octanol–water partition coefficient (Wildman–Crippen LogP) is 2.48. The second-order valence-electron chi connectivity index (χ2n) is 6.48. The highest BCUT2D eigenvalue weighted by Crippen LogP contribution is 2.29. The number of alkyl halides is 3. The lowest BCUT2D eigenvalue weighted by Crippen LogP contribution is -2.47. The van der Waals surface area contributed by atoms with Crippen LogP contribution in [0.2, 0.25) is 0 Å². The van der Waals surface area contributed by atoms with Gasteiger partial charge in [0.15, 0.2) is 5.65 Å². The molecule has 0 spiro atoms. The van der Waals surface area contributed by atoms with Gasteiger partial charge in [-0.1, -0.05) is 0 Å². The number of anilines is 2. The van der Waals surface area contributed by atoms with Gasteiger partial charge in [0.2, 0.25) is 0 Å². The maximum absolute atomic E-state index is 12.8. The molecule has 142 valence electrons. The van der Waals surface area contributed by atoms with E-state index < -0.39 is 11.9 Å². The van der Waals surface area contributed by atoms with E-state index in [1.165, 1.54) is 0 Å². The molecule has 1 aliphatic rings. The molecule has 0 aliphatic carbocycles. The van der Waals surface area contributed by atoms with E-state index in [-0.39, 0.29) is 0 Å². The molecule has 0 N–H and O–H groups in total. The lowest BCUT2D eigenvalue weighted by Gasteiger charge is -2.36. The molecule has 0 amide bonds. The zero-order chi connectivity index (χ0) is 19.2. The third kappa shape index (κ3) is 3.26. The van der Waals surface area contributed by atoms with E-state index >= 15 is 0 Å². The van der Waals surface area contributed by atoms with Gasteiger partial charge >= 0.3 is 6.18 Å². The molecule has 1 fully saturated rings. The van der Waals surface area contributed by atoms with Crippen LogP contribution in [-0.4, -0.2) is 50.7 Å². The van der Waals surface area contributed by atoms with Crippen LogP contribution in [0.5, 0.6) is 0 Å². The van der Waals surface area contributed by atoms with Gasteiger partial charge in [0.25, 0.3) is 0 Å². The van der Waals surface area contributed by atoms with Gasteiger partial charge in [0.1, 0.15) is 23.7 Å². The Balaban J connectivity index is 1.50. The topological polar surface area (TPSA) is 62.5 Å². The summed E-state index contributed by atoms with van der Waals surface area (Å²) >= 11 is 0. The number of aromatic nitrogens is 5. The number of hydrogen-bond acceptors (Lipinski definition) is 6. The number of aryl methyl sites for hydroxylation is 2. The molecule has 10 heteroatoms. The zero-order valence-electron chi connectivity index (χ0n) is 14.9. The van der Waals surface area contributed by atoms with Crippen molar-refractivity contribution in [3.63, 3.8) is 0 Å². The van der Waals surface area contributed by atoms with Crippen LogP contribution in [0.4, 0.5) is 24.8 Å². The van der Waals surface area contributed by atoms with Gasteiger partial charge in [-0.3, -0.25) is 0 Å². The summed E-state index contributed by atoms with van der Waals surface area (Å²) in [5, 5.41) is 4.65. The van der Waals surface area contributed by atoms with Gasteiger partial charge in [-0.25, -0.2) is 19.5 Å². The predicted molar refractivity (Wildman–Crippen MR) is 93.9 cm³/mol. The van der Waals surface area contributed by atoms with E-state index in [4.69, 9.17) is 0 Å². The minimum atomic E-state index is -4.47. The molecule has 27 heavy (non-hydrogen) atoms. The van der Waals surface area contributed by atoms with Crippen molar-refractivity contribution < 1.29 is 13.2 Å². The summed E-state index contributed by atoms with van der Waals surface area (Å²) in [6.45, 7) is 6.29. The largest absolute Gasteiger partial charge is 0.433 e. The summed E-state index contributed by atoms with van der Waals surface area (Å²) in [6.07, 6.45) is -3.51. The average Bonchev–Trinajstić information content (AvgIpc) is 2.95. The van der Waals surface area contributed by atoms with Gasteiger partial charge < -0.3 is 9.80 Å². The molecule has 7 nitrogen and oxygen atoms in total. The molecule has 3 aromatic heterocycles. The minimum absolute atomic E-state index is 0.293. The van der Waals surface area contributed by atoms with E-state index in [1.54, 1.807) is 0 Å². The Morgan fingerprint density at radius 3 is 2.26 bits per heavy atom. The van der Waals surface area contributed by atoms with Crippen LogP contribution in [0.1, 0.15) is 17.1 Å². The highest BCUT2D eigenvalue weighted by atomic mass is 19.4. The maximum Gasteiger partial charge on any atom is 0.433 e. The zero-order valence-corrected chi connectivity index (χ0v) is 14.9. The highest BCUT2D eigenvalue weighted by Gasteiger charge is 2.33. The first-order chi connectivity index (χ1) is 12.8. The van der Waals surface area contributed by atoms with Crippen LogP contribution in [0.3, 0.4) is 0 Å². The Morgan fingerprint density at radius 1 is 0.926 bits per heavy atom. The number of hydrogen-bond donors (Lipinski definition) is 0. The summed E-state index contributed by atoms with van der Waals surface area (Å²) in [6, 6.07) is 4.84. The summed E-state index contributed by atoms with van der Waals surface area (Å²) in [5.74, 6) is 1.11. The van der Waals surface area contributed by atoms with Gasteiger partial charge in [0, 0.05) is 32.2 Å². The number of halogens is 3. The van der Waals surface area contributed by atoms with E-state index in [1.807, 2.05) is 35.4 Å². The van der Waals surface area contributed by atoms with Crippen molar-refractivity contribution in [1.29, 1.82) is 0 Å². The standard InChI is InChI=1S/C17H18F3N7/c1-11-12(2)27-14(23-11)3-4-15(24-27)25-5-7-26(8-6-25)16-9-13(17(18,19)20)21-10-22-16/h3-4,9-10H,5-8H2,1-2H3. The van der Waals surface area contributed by atoms with E-state index in [0.717, 1.165) is 35.2 Å². The fourth-order valence-electron chi connectivity index (χ4n) is 3.15. The van der Waals surface area contributed by atoms with Crippen LogP contribution >= 0.6 is 0 Å². The van der Waals surface area contributed by atoms with Gasteiger partial charge in [-0.05, 0) is 26.0 Å². The molecule has 4 rings (SSSR count). The molecule has 0 saturated carbocycles. The molecule has 0 atom stereocenters. The SMILES string of the molecule is Cc1nc2ccc(N3CCN(c4cc(C(F)(F)F)ncn4)CC3)nn2c1C. The Kier molecular flexibility index (Phi) is 4.12. The van der Waals surface area contributed by atoms with Crippen LogP contribution in [0, 0.1) is 13.8 Å². The first kappa shape index (κ1) is 17.5. The molecular weight excluding hydrogens is 359 g/mol. The van der Waals surface area contributed by atoms with Crippen LogP contribution in [0.15, 0.2) is 24.5 Å². The quantitative estimate of drug-likeness (QED) is 0.684.